The van der Waals surface area contributed by atoms with Crippen LogP contribution in [0.5, 0.6) is 0 Å². The second kappa shape index (κ2) is 7.47. The highest BCUT2D eigenvalue weighted by Gasteiger charge is 2.07. The van der Waals surface area contributed by atoms with Crippen molar-refractivity contribution >= 4 is 23.2 Å². The van der Waals surface area contributed by atoms with Crippen LogP contribution in [-0.4, -0.2) is 31.2 Å². The Morgan fingerprint density at radius 1 is 1.19 bits per heavy atom. The molecule has 0 radical (unpaired) electrons. The largest absolute Gasteiger partial charge is 0.478 e. The molecule has 0 bridgehead atoms. The number of hydrogen-bond donors (Lipinski definition) is 2. The Morgan fingerprint density at radius 2 is 2.04 bits per heavy atom. The van der Waals surface area contributed by atoms with Crippen molar-refractivity contribution in [3.63, 3.8) is 0 Å². The summed E-state index contributed by atoms with van der Waals surface area (Å²) in [6, 6.07) is 12.4. The minimum absolute atomic E-state index is 0.0393. The molecule has 0 spiro atoms. The van der Waals surface area contributed by atoms with Crippen LogP contribution in [0.15, 0.2) is 65.6 Å². The van der Waals surface area contributed by atoms with E-state index in [1.54, 1.807) is 42.6 Å². The van der Waals surface area contributed by atoms with Gasteiger partial charge in [-0.05, 0) is 29.8 Å². The van der Waals surface area contributed by atoms with Crippen molar-refractivity contribution in [2.45, 2.75) is 13.0 Å². The Balaban J connectivity index is 1.72. The molecule has 1 amide bonds. The van der Waals surface area contributed by atoms with Gasteiger partial charge in [-0.3, -0.25) is 9.20 Å². The second-order valence-corrected chi connectivity index (χ2v) is 5.56. The van der Waals surface area contributed by atoms with Gasteiger partial charge in [-0.25, -0.2) is 14.3 Å². The summed E-state index contributed by atoms with van der Waals surface area (Å²) in [5.74, 6) is -1.43. The maximum Gasteiger partial charge on any atom is 0.350 e. The van der Waals surface area contributed by atoms with Crippen LogP contribution in [0.25, 0.3) is 5.65 Å². The molecule has 0 aliphatic heterocycles. The molecular weight excluding hydrogens is 336 g/mol. The smallest absolute Gasteiger partial charge is 0.350 e. The minimum atomic E-state index is -1.10. The lowest BCUT2D eigenvalue weighted by Gasteiger charge is -2.06. The summed E-state index contributed by atoms with van der Waals surface area (Å²) < 4.78 is 2.81. The number of carboxylic acid groups (broad SMARTS) is 1. The van der Waals surface area contributed by atoms with Crippen LogP contribution in [0.3, 0.4) is 0 Å². The van der Waals surface area contributed by atoms with Crippen LogP contribution in [0, 0.1) is 0 Å². The molecule has 1 aromatic carbocycles. The number of carboxylic acids is 1. The van der Waals surface area contributed by atoms with E-state index in [0.717, 1.165) is 11.6 Å². The topological polar surface area (TPSA) is 106 Å². The number of rotatable bonds is 6. The predicted molar refractivity (Wildman–Crippen MR) is 95.0 cm³/mol. The monoisotopic (exact) mass is 352 g/mol. The van der Waals surface area contributed by atoms with Gasteiger partial charge in [0.15, 0.2) is 5.65 Å². The maximum absolute atomic E-state index is 12.3. The van der Waals surface area contributed by atoms with E-state index in [4.69, 9.17) is 5.11 Å². The van der Waals surface area contributed by atoms with Crippen LogP contribution in [-0.2, 0) is 16.1 Å². The summed E-state index contributed by atoms with van der Waals surface area (Å²) in [5.41, 5.74) is 1.68. The van der Waals surface area contributed by atoms with E-state index in [9.17, 15) is 14.4 Å². The van der Waals surface area contributed by atoms with Gasteiger partial charge in [-0.2, -0.15) is 0 Å². The normalized spacial score (nSPS) is 11.1. The Morgan fingerprint density at radius 3 is 2.81 bits per heavy atom. The highest BCUT2D eigenvalue weighted by atomic mass is 16.4. The SMILES string of the molecule is O=C(O)C=CCC(=O)Nc1cccc(Cn2nc3ccccn3c2=O)c1. The average Bonchev–Trinajstić information content (AvgIpc) is 2.91. The van der Waals surface area contributed by atoms with E-state index in [1.807, 2.05) is 6.07 Å². The number of aliphatic carboxylic acids is 1. The van der Waals surface area contributed by atoms with Crippen LogP contribution in [0.2, 0.25) is 0 Å². The maximum atomic E-state index is 12.3. The van der Waals surface area contributed by atoms with Crippen molar-refractivity contribution in [1.29, 1.82) is 0 Å². The highest BCUT2D eigenvalue weighted by molar-refractivity contribution is 5.92. The van der Waals surface area contributed by atoms with E-state index in [-0.39, 0.29) is 24.6 Å². The molecule has 0 saturated carbocycles. The van der Waals surface area contributed by atoms with Gasteiger partial charge in [0.25, 0.3) is 0 Å². The number of nitrogens with one attached hydrogen (secondary N) is 1. The fraction of sp³-hybridized carbons (Fsp3) is 0.111. The fourth-order valence-electron chi connectivity index (χ4n) is 2.47. The van der Waals surface area contributed by atoms with E-state index in [1.165, 1.54) is 15.2 Å². The zero-order valence-electron chi connectivity index (χ0n) is 13.7. The number of anilines is 1. The number of fused-ring (bicyclic) bond motifs is 1. The number of carbonyl (C=O) groups is 2. The van der Waals surface area contributed by atoms with Gasteiger partial charge in [-0.1, -0.05) is 24.3 Å². The standard InChI is InChI=1S/C18H16N4O4/c23-16(8-4-9-17(24)25)19-14-6-3-5-13(11-14)12-22-18(26)21-10-2-1-7-15(21)20-22/h1-7,9-11H,8,12H2,(H,19,23)(H,24,25). The van der Waals surface area contributed by atoms with Crippen molar-refractivity contribution in [2.24, 2.45) is 0 Å². The molecule has 2 N–H and O–H groups in total. The molecule has 2 aromatic heterocycles. The number of pyridine rings is 1. The molecule has 2 heterocycles. The van der Waals surface area contributed by atoms with Crippen LogP contribution >= 0.6 is 0 Å². The summed E-state index contributed by atoms with van der Waals surface area (Å²) in [7, 11) is 0. The second-order valence-electron chi connectivity index (χ2n) is 5.56. The molecule has 0 unspecified atom stereocenters. The van der Waals surface area contributed by atoms with E-state index >= 15 is 0 Å². The molecule has 3 aromatic rings. The molecule has 0 fully saturated rings. The van der Waals surface area contributed by atoms with Gasteiger partial charge in [0, 0.05) is 24.4 Å². The zero-order valence-corrected chi connectivity index (χ0v) is 13.7. The number of carbonyl (C=O) groups excluding carboxylic acids is 1. The molecule has 3 rings (SSSR count). The van der Waals surface area contributed by atoms with Crippen molar-refractivity contribution in [1.82, 2.24) is 14.2 Å². The molecule has 0 atom stereocenters. The van der Waals surface area contributed by atoms with E-state index in [2.05, 4.69) is 10.4 Å². The van der Waals surface area contributed by atoms with Gasteiger partial charge in [0.05, 0.1) is 6.54 Å². The number of benzene rings is 1. The van der Waals surface area contributed by atoms with Crippen LogP contribution in [0.1, 0.15) is 12.0 Å². The summed E-state index contributed by atoms with van der Waals surface area (Å²) in [6.45, 7) is 0.267. The number of aromatic nitrogens is 3. The number of hydrogen-bond acceptors (Lipinski definition) is 4. The lowest BCUT2D eigenvalue weighted by Crippen LogP contribution is -2.21. The zero-order chi connectivity index (χ0) is 18.5. The first-order chi connectivity index (χ1) is 12.5. The molecule has 8 nitrogen and oxygen atoms in total. The summed E-state index contributed by atoms with van der Waals surface area (Å²) >= 11 is 0. The van der Waals surface area contributed by atoms with Gasteiger partial charge in [-0.15, -0.1) is 5.10 Å². The molecule has 132 valence electrons. The number of nitrogens with zero attached hydrogens (tertiary/aromatic N) is 3. The van der Waals surface area contributed by atoms with Crippen molar-refractivity contribution in [2.75, 3.05) is 5.32 Å². The Labute approximate surface area is 148 Å². The van der Waals surface area contributed by atoms with Crippen molar-refractivity contribution in [3.05, 3.63) is 76.9 Å². The first-order valence-electron chi connectivity index (χ1n) is 7.85. The van der Waals surface area contributed by atoms with E-state index in [0.29, 0.717) is 11.3 Å². The Kier molecular flexibility index (Phi) is 4.93. The molecule has 26 heavy (non-hydrogen) atoms. The summed E-state index contributed by atoms with van der Waals surface area (Å²) in [4.78, 5) is 34.5. The van der Waals surface area contributed by atoms with E-state index < -0.39 is 5.97 Å². The molecule has 0 aliphatic carbocycles. The molecule has 8 heteroatoms. The van der Waals surface area contributed by atoms with Gasteiger partial charge in [0.1, 0.15) is 0 Å². The van der Waals surface area contributed by atoms with Gasteiger partial charge in [0.2, 0.25) is 5.91 Å². The first kappa shape index (κ1) is 17.2. The lowest BCUT2D eigenvalue weighted by molar-refractivity contribution is -0.131. The van der Waals surface area contributed by atoms with Crippen molar-refractivity contribution in [3.8, 4) is 0 Å². The first-order valence-corrected chi connectivity index (χ1v) is 7.85. The van der Waals surface area contributed by atoms with Crippen LogP contribution in [0.4, 0.5) is 5.69 Å². The molecular formula is C18H16N4O4. The Bertz CT molecular complexity index is 1050. The minimum Gasteiger partial charge on any atom is -0.478 e. The average molecular weight is 352 g/mol. The van der Waals surface area contributed by atoms with Gasteiger partial charge >= 0.3 is 11.7 Å². The summed E-state index contributed by atoms with van der Waals surface area (Å²) in [5, 5.41) is 15.5. The third-order valence-electron chi connectivity index (χ3n) is 3.60. The fourth-order valence-corrected chi connectivity index (χ4v) is 2.47. The Hall–Kier alpha value is -3.68. The highest BCUT2D eigenvalue weighted by Crippen LogP contribution is 2.12. The summed E-state index contributed by atoms with van der Waals surface area (Å²) in [6.07, 6.45) is 3.81. The molecule has 0 saturated heterocycles. The quantitative estimate of drug-likeness (QED) is 0.654. The lowest BCUT2D eigenvalue weighted by atomic mass is 10.2. The third-order valence-corrected chi connectivity index (χ3v) is 3.60. The number of amides is 1. The van der Waals surface area contributed by atoms with Crippen LogP contribution < -0.4 is 11.0 Å². The van der Waals surface area contributed by atoms with Gasteiger partial charge < -0.3 is 10.4 Å². The predicted octanol–water partition coefficient (Wildman–Crippen LogP) is 1.51. The van der Waals surface area contributed by atoms with Crippen molar-refractivity contribution < 1.29 is 14.7 Å². The third kappa shape index (κ3) is 4.04. The molecule has 0 aliphatic rings.